The summed E-state index contributed by atoms with van der Waals surface area (Å²) in [4.78, 5) is 0. The quantitative estimate of drug-likeness (QED) is 0.338. The molecule has 2 aromatic carbocycles. The van der Waals surface area contributed by atoms with Crippen LogP contribution in [0.25, 0.3) is 11.1 Å². The first-order valence-electron chi connectivity index (χ1n) is 11.1. The second-order valence-electron chi connectivity index (χ2n) is 8.92. The van der Waals surface area contributed by atoms with Crippen molar-refractivity contribution < 1.29 is 39.9 Å². The number of hydrogen-bond donors (Lipinski definition) is 0. The molecular weight excluding hydrogens is 468 g/mol. The largest absolute Gasteiger partial charge is 0.426 e. The molecule has 1 aliphatic carbocycles. The molecule has 1 saturated carbocycles. The molecule has 0 amide bonds. The Labute approximate surface area is 193 Å². The number of rotatable bonds is 8. The fraction of sp³-hybridized carbons (Fsp3) is 0.520. The lowest BCUT2D eigenvalue weighted by Gasteiger charge is -2.28. The number of ether oxygens (including phenoxy) is 1. The molecule has 0 bridgehead atoms. The summed E-state index contributed by atoms with van der Waals surface area (Å²) in [7, 11) is 1.70. The van der Waals surface area contributed by atoms with Crippen LogP contribution in [-0.4, -0.2) is 26.1 Å². The minimum absolute atomic E-state index is 0.139. The minimum atomic E-state index is -5.97. The molecule has 1 atom stereocenters. The Morgan fingerprint density at radius 2 is 1.38 bits per heavy atom. The summed E-state index contributed by atoms with van der Waals surface area (Å²) < 4.78 is 112. The number of alkyl halides is 6. The predicted molar refractivity (Wildman–Crippen MR) is 112 cm³/mol. The zero-order chi connectivity index (χ0) is 25.1. The smallest absolute Gasteiger partial charge is 0.384 e. The third-order valence-electron chi connectivity index (χ3n) is 6.48. The highest BCUT2D eigenvalue weighted by Crippen LogP contribution is 2.44. The third kappa shape index (κ3) is 6.09. The van der Waals surface area contributed by atoms with Crippen molar-refractivity contribution in [1.29, 1.82) is 0 Å². The molecule has 34 heavy (non-hydrogen) atoms. The third-order valence-corrected chi connectivity index (χ3v) is 6.48. The van der Waals surface area contributed by atoms with Crippen molar-refractivity contribution in [3.8, 4) is 11.1 Å². The molecule has 1 unspecified atom stereocenters. The van der Waals surface area contributed by atoms with Crippen LogP contribution in [0, 0.1) is 23.5 Å². The van der Waals surface area contributed by atoms with Crippen molar-refractivity contribution in [1.82, 2.24) is 0 Å². The van der Waals surface area contributed by atoms with Crippen molar-refractivity contribution in [2.45, 2.75) is 56.8 Å². The van der Waals surface area contributed by atoms with Gasteiger partial charge in [-0.2, -0.15) is 22.0 Å². The molecule has 0 heterocycles. The van der Waals surface area contributed by atoms with E-state index in [9.17, 15) is 35.1 Å². The first-order valence-corrected chi connectivity index (χ1v) is 11.1. The Morgan fingerprint density at radius 1 is 0.853 bits per heavy atom. The summed E-state index contributed by atoms with van der Waals surface area (Å²) in [6, 6.07) is 7.61. The van der Waals surface area contributed by atoms with Crippen LogP contribution in [0.3, 0.4) is 0 Å². The highest BCUT2D eigenvalue weighted by atomic mass is 19.4. The van der Waals surface area contributed by atoms with Gasteiger partial charge in [-0.1, -0.05) is 37.1 Å². The highest BCUT2D eigenvalue weighted by Gasteiger charge is 2.59. The van der Waals surface area contributed by atoms with E-state index in [1.54, 1.807) is 31.4 Å². The normalized spacial score (nSPS) is 20.4. The summed E-state index contributed by atoms with van der Waals surface area (Å²) in [5, 5.41) is 0. The van der Waals surface area contributed by atoms with E-state index < -0.39 is 35.5 Å². The van der Waals surface area contributed by atoms with Crippen LogP contribution in [-0.2, 0) is 17.1 Å². The zero-order valence-electron chi connectivity index (χ0n) is 18.6. The van der Waals surface area contributed by atoms with Gasteiger partial charge < -0.3 is 4.74 Å². The van der Waals surface area contributed by atoms with E-state index >= 15 is 0 Å². The van der Waals surface area contributed by atoms with Crippen molar-refractivity contribution in [3.05, 3.63) is 59.2 Å². The van der Waals surface area contributed by atoms with Crippen LogP contribution in [0.15, 0.2) is 36.4 Å². The molecule has 1 nitrogen and oxygen atoms in total. The number of aryl methyl sites for hydroxylation is 1. The van der Waals surface area contributed by atoms with Crippen molar-refractivity contribution in [2.24, 2.45) is 11.8 Å². The van der Waals surface area contributed by atoms with Gasteiger partial charge in [0.05, 0.1) is 5.56 Å². The second kappa shape index (κ2) is 10.6. The monoisotopic (exact) mass is 494 g/mol. The van der Waals surface area contributed by atoms with E-state index in [1.807, 2.05) is 0 Å². The maximum Gasteiger partial charge on any atom is 0.426 e. The van der Waals surface area contributed by atoms with Gasteiger partial charge >= 0.3 is 12.1 Å². The predicted octanol–water partition coefficient (Wildman–Crippen LogP) is 8.01. The molecule has 1 fully saturated rings. The molecule has 0 radical (unpaired) electrons. The SMILES string of the molecule is COCC1CCC(CCc2ccc(-c3cc(F)c(C(F)(F)C(F)C(F)(F)F)c(F)c3)cc2)CC1. The fourth-order valence-corrected chi connectivity index (χ4v) is 4.55. The standard InChI is InChI=1S/C25H26F8O/c1-34-14-17-6-4-15(5-7-17)2-3-16-8-10-18(11-9-16)19-12-20(26)22(21(27)13-19)24(29,30)23(28)25(31,32)33/h8-13,15,17,23H,2-7,14H2,1H3. The van der Waals surface area contributed by atoms with E-state index in [4.69, 9.17) is 4.74 Å². The lowest BCUT2D eigenvalue weighted by Crippen LogP contribution is -2.40. The Kier molecular flexibility index (Phi) is 8.26. The average Bonchev–Trinajstić information content (AvgIpc) is 2.77. The van der Waals surface area contributed by atoms with Crippen LogP contribution < -0.4 is 0 Å². The summed E-state index contributed by atoms with van der Waals surface area (Å²) >= 11 is 0. The van der Waals surface area contributed by atoms with Crippen LogP contribution >= 0.6 is 0 Å². The maximum absolute atomic E-state index is 14.3. The summed E-state index contributed by atoms with van der Waals surface area (Å²) in [5.74, 6) is -8.07. The Bertz CT molecular complexity index is 923. The van der Waals surface area contributed by atoms with Gasteiger partial charge in [0.15, 0.2) is 0 Å². The fourth-order valence-electron chi connectivity index (χ4n) is 4.55. The zero-order valence-corrected chi connectivity index (χ0v) is 18.6. The van der Waals surface area contributed by atoms with Gasteiger partial charge in [-0.15, -0.1) is 0 Å². The highest BCUT2D eigenvalue weighted by molar-refractivity contribution is 5.64. The Balaban J connectivity index is 1.68. The van der Waals surface area contributed by atoms with Gasteiger partial charge in [0.1, 0.15) is 11.6 Å². The van der Waals surface area contributed by atoms with Gasteiger partial charge in [0, 0.05) is 13.7 Å². The summed E-state index contributed by atoms with van der Waals surface area (Å²) in [5.41, 5.74) is -1.08. The Hall–Kier alpha value is -2.16. The van der Waals surface area contributed by atoms with Crippen molar-refractivity contribution >= 4 is 0 Å². The van der Waals surface area contributed by atoms with Gasteiger partial charge in [0.25, 0.3) is 6.17 Å². The topological polar surface area (TPSA) is 9.23 Å². The second-order valence-corrected chi connectivity index (χ2v) is 8.92. The number of methoxy groups -OCH3 is 1. The van der Waals surface area contributed by atoms with Gasteiger partial charge in [-0.05, 0) is 66.3 Å². The number of hydrogen-bond acceptors (Lipinski definition) is 1. The molecule has 2 aromatic rings. The van der Waals surface area contributed by atoms with Gasteiger partial charge in [-0.3, -0.25) is 0 Å². The molecular formula is C25H26F8O. The van der Waals surface area contributed by atoms with Crippen molar-refractivity contribution in [3.63, 3.8) is 0 Å². The van der Waals surface area contributed by atoms with Crippen LogP contribution in [0.4, 0.5) is 35.1 Å². The average molecular weight is 494 g/mol. The summed E-state index contributed by atoms with van der Waals surface area (Å²) in [6.07, 6.45) is -4.36. The van der Waals surface area contributed by atoms with E-state index in [0.717, 1.165) is 50.7 Å². The number of halogens is 8. The molecule has 1 aliphatic rings. The Morgan fingerprint density at radius 3 is 1.88 bits per heavy atom. The molecule has 0 saturated heterocycles. The molecule has 3 rings (SSSR count). The molecule has 0 aliphatic heterocycles. The van der Waals surface area contributed by atoms with Crippen LogP contribution in [0.1, 0.15) is 43.2 Å². The van der Waals surface area contributed by atoms with Crippen molar-refractivity contribution in [2.75, 3.05) is 13.7 Å². The van der Waals surface area contributed by atoms with E-state index in [2.05, 4.69) is 0 Å². The lowest BCUT2D eigenvalue weighted by atomic mass is 9.80. The van der Waals surface area contributed by atoms with Crippen LogP contribution in [0.2, 0.25) is 0 Å². The van der Waals surface area contributed by atoms with Crippen LogP contribution in [0.5, 0.6) is 0 Å². The van der Waals surface area contributed by atoms with Gasteiger partial charge in [0.2, 0.25) is 0 Å². The van der Waals surface area contributed by atoms with E-state index in [1.165, 1.54) is 0 Å². The minimum Gasteiger partial charge on any atom is -0.384 e. The first kappa shape index (κ1) is 26.4. The molecule has 9 heteroatoms. The molecule has 0 aromatic heterocycles. The first-order chi connectivity index (χ1) is 15.9. The van der Waals surface area contributed by atoms with E-state index in [-0.39, 0.29) is 5.56 Å². The molecule has 188 valence electrons. The molecule has 0 spiro atoms. The molecule has 0 N–H and O–H groups in total. The van der Waals surface area contributed by atoms with Gasteiger partial charge in [-0.25, -0.2) is 13.2 Å². The van der Waals surface area contributed by atoms with E-state index in [0.29, 0.717) is 29.5 Å². The summed E-state index contributed by atoms with van der Waals surface area (Å²) in [6.45, 7) is 0.782. The number of benzene rings is 2. The lowest BCUT2D eigenvalue weighted by molar-refractivity contribution is -0.249. The maximum atomic E-state index is 14.3.